The van der Waals surface area contributed by atoms with E-state index in [1.807, 2.05) is 12.1 Å². The first kappa shape index (κ1) is 11.5. The van der Waals surface area contributed by atoms with Crippen molar-refractivity contribution in [3.63, 3.8) is 0 Å². The number of phenols is 1. The van der Waals surface area contributed by atoms with Crippen LogP contribution >= 0.6 is 0 Å². The normalized spacial score (nSPS) is 16.1. The third-order valence-corrected chi connectivity index (χ3v) is 3.50. The molecule has 0 radical (unpaired) electrons. The Morgan fingerprint density at radius 2 is 2.19 bits per heavy atom. The van der Waals surface area contributed by atoms with Crippen LogP contribution in [0.2, 0.25) is 0 Å². The highest BCUT2D eigenvalue weighted by atomic mass is 16.3. The Morgan fingerprint density at radius 3 is 2.88 bits per heavy atom. The Hall–Kier alpha value is -1.02. The Morgan fingerprint density at radius 1 is 1.38 bits per heavy atom. The van der Waals surface area contributed by atoms with Crippen LogP contribution in [0.4, 0.5) is 0 Å². The van der Waals surface area contributed by atoms with E-state index in [1.54, 1.807) is 6.07 Å². The maximum absolute atomic E-state index is 9.66. The molecule has 0 atom stereocenters. The minimum absolute atomic E-state index is 0.404. The highest BCUT2D eigenvalue weighted by molar-refractivity contribution is 5.35. The largest absolute Gasteiger partial charge is 0.508 e. The van der Waals surface area contributed by atoms with Crippen molar-refractivity contribution in [1.82, 2.24) is 5.32 Å². The zero-order valence-corrected chi connectivity index (χ0v) is 10.00. The lowest BCUT2D eigenvalue weighted by Crippen LogP contribution is -2.21. The van der Waals surface area contributed by atoms with Crippen molar-refractivity contribution in [3.8, 4) is 5.75 Å². The van der Waals surface area contributed by atoms with E-state index in [9.17, 15) is 5.11 Å². The van der Waals surface area contributed by atoms with E-state index < -0.39 is 0 Å². The second kappa shape index (κ2) is 5.35. The monoisotopic (exact) mass is 219 g/mol. The molecule has 16 heavy (non-hydrogen) atoms. The number of hydrogen-bond acceptors (Lipinski definition) is 2. The van der Waals surface area contributed by atoms with Crippen molar-refractivity contribution in [1.29, 1.82) is 0 Å². The highest BCUT2D eigenvalue weighted by Gasteiger charge is 2.16. The number of phenolic OH excluding ortho intramolecular Hbond substituents is 1. The molecule has 88 valence electrons. The van der Waals surface area contributed by atoms with Crippen LogP contribution in [0.15, 0.2) is 18.2 Å². The topological polar surface area (TPSA) is 32.3 Å². The van der Waals surface area contributed by atoms with E-state index in [0.717, 1.165) is 24.6 Å². The molecule has 0 heterocycles. The van der Waals surface area contributed by atoms with Gasteiger partial charge in [0.05, 0.1) is 0 Å². The van der Waals surface area contributed by atoms with Gasteiger partial charge in [-0.2, -0.15) is 0 Å². The Labute approximate surface area is 97.7 Å². The SMILES string of the molecule is Cc1ccc(O)c(CNCCC2CCC2)c1. The zero-order chi connectivity index (χ0) is 11.4. The van der Waals surface area contributed by atoms with Crippen molar-refractivity contribution < 1.29 is 5.11 Å². The zero-order valence-electron chi connectivity index (χ0n) is 10.00. The van der Waals surface area contributed by atoms with Crippen molar-refractivity contribution in [2.24, 2.45) is 5.92 Å². The van der Waals surface area contributed by atoms with Gasteiger partial charge in [-0.1, -0.05) is 37.0 Å². The summed E-state index contributed by atoms with van der Waals surface area (Å²) in [5, 5.41) is 13.1. The van der Waals surface area contributed by atoms with Crippen LogP contribution in [0.3, 0.4) is 0 Å². The van der Waals surface area contributed by atoms with Gasteiger partial charge in [0.15, 0.2) is 0 Å². The van der Waals surface area contributed by atoms with Crippen molar-refractivity contribution >= 4 is 0 Å². The molecule has 1 aromatic carbocycles. The predicted molar refractivity (Wildman–Crippen MR) is 66.5 cm³/mol. The van der Waals surface area contributed by atoms with Crippen molar-refractivity contribution in [3.05, 3.63) is 29.3 Å². The Balaban J connectivity index is 1.73. The van der Waals surface area contributed by atoms with Crippen LogP contribution in [-0.4, -0.2) is 11.7 Å². The standard InChI is InChI=1S/C14H21NO/c1-11-5-6-14(16)13(9-11)10-15-8-7-12-3-2-4-12/h5-6,9,12,15-16H,2-4,7-8,10H2,1H3. The lowest BCUT2D eigenvalue weighted by Gasteiger charge is -2.25. The third kappa shape index (κ3) is 2.99. The van der Waals surface area contributed by atoms with Gasteiger partial charge in [-0.25, -0.2) is 0 Å². The molecule has 2 nitrogen and oxygen atoms in total. The molecule has 1 aliphatic carbocycles. The van der Waals surface area contributed by atoms with E-state index in [0.29, 0.717) is 5.75 Å². The average molecular weight is 219 g/mol. The van der Waals surface area contributed by atoms with Gasteiger partial charge in [-0.3, -0.25) is 0 Å². The molecule has 1 aromatic rings. The fraction of sp³-hybridized carbons (Fsp3) is 0.571. The van der Waals surface area contributed by atoms with E-state index >= 15 is 0 Å². The van der Waals surface area contributed by atoms with Gasteiger partial charge >= 0.3 is 0 Å². The molecule has 2 heteroatoms. The second-order valence-corrected chi connectivity index (χ2v) is 4.89. The summed E-state index contributed by atoms with van der Waals surface area (Å²) in [6.07, 6.45) is 5.53. The lowest BCUT2D eigenvalue weighted by molar-refractivity contribution is 0.292. The molecule has 0 saturated heterocycles. The summed E-state index contributed by atoms with van der Waals surface area (Å²) >= 11 is 0. The first-order valence-corrected chi connectivity index (χ1v) is 6.25. The van der Waals surface area contributed by atoms with E-state index in [4.69, 9.17) is 0 Å². The van der Waals surface area contributed by atoms with E-state index in [2.05, 4.69) is 12.2 Å². The highest BCUT2D eigenvalue weighted by Crippen LogP contribution is 2.28. The fourth-order valence-electron chi connectivity index (χ4n) is 2.17. The van der Waals surface area contributed by atoms with Crippen LogP contribution < -0.4 is 5.32 Å². The maximum atomic E-state index is 9.66. The Bertz CT molecular complexity index is 345. The van der Waals surface area contributed by atoms with Gasteiger partial charge in [0.1, 0.15) is 5.75 Å². The van der Waals surface area contributed by atoms with Crippen LogP contribution in [0.1, 0.15) is 36.8 Å². The summed E-state index contributed by atoms with van der Waals surface area (Å²) in [5.41, 5.74) is 2.21. The molecule has 0 aliphatic heterocycles. The maximum Gasteiger partial charge on any atom is 0.120 e. The fourth-order valence-corrected chi connectivity index (χ4v) is 2.17. The molecule has 0 bridgehead atoms. The van der Waals surface area contributed by atoms with E-state index in [1.165, 1.54) is 31.2 Å². The molecular weight excluding hydrogens is 198 g/mol. The van der Waals surface area contributed by atoms with Crippen LogP contribution in [-0.2, 0) is 6.54 Å². The molecule has 1 aliphatic rings. The molecule has 0 spiro atoms. The summed E-state index contributed by atoms with van der Waals surface area (Å²) in [4.78, 5) is 0. The van der Waals surface area contributed by atoms with Gasteiger partial charge in [0, 0.05) is 12.1 Å². The summed E-state index contributed by atoms with van der Waals surface area (Å²) in [6, 6.07) is 5.76. The average Bonchev–Trinajstić information content (AvgIpc) is 2.20. The van der Waals surface area contributed by atoms with Gasteiger partial charge < -0.3 is 10.4 Å². The number of rotatable bonds is 5. The molecule has 1 saturated carbocycles. The molecule has 0 unspecified atom stereocenters. The second-order valence-electron chi connectivity index (χ2n) is 4.89. The third-order valence-electron chi connectivity index (χ3n) is 3.50. The Kier molecular flexibility index (Phi) is 3.83. The number of hydrogen-bond donors (Lipinski definition) is 2. The van der Waals surface area contributed by atoms with E-state index in [-0.39, 0.29) is 0 Å². The van der Waals surface area contributed by atoms with Gasteiger partial charge in [-0.05, 0) is 31.9 Å². The molecule has 2 N–H and O–H groups in total. The minimum atomic E-state index is 0.404. The van der Waals surface area contributed by atoms with Gasteiger partial charge in [0.25, 0.3) is 0 Å². The molecule has 2 rings (SSSR count). The number of aromatic hydroxyl groups is 1. The smallest absolute Gasteiger partial charge is 0.120 e. The van der Waals surface area contributed by atoms with Crippen molar-refractivity contribution in [2.45, 2.75) is 39.2 Å². The van der Waals surface area contributed by atoms with Gasteiger partial charge in [0.2, 0.25) is 0 Å². The number of aryl methyl sites for hydroxylation is 1. The minimum Gasteiger partial charge on any atom is -0.508 e. The summed E-state index contributed by atoms with van der Waals surface area (Å²) in [6.45, 7) is 3.90. The summed E-state index contributed by atoms with van der Waals surface area (Å²) < 4.78 is 0. The predicted octanol–water partition coefficient (Wildman–Crippen LogP) is 2.98. The number of nitrogens with one attached hydrogen (secondary N) is 1. The first-order valence-electron chi connectivity index (χ1n) is 6.25. The van der Waals surface area contributed by atoms with Gasteiger partial charge in [-0.15, -0.1) is 0 Å². The summed E-state index contributed by atoms with van der Waals surface area (Å²) in [5.74, 6) is 1.36. The van der Waals surface area contributed by atoms with Crippen LogP contribution in [0, 0.1) is 12.8 Å². The quantitative estimate of drug-likeness (QED) is 0.746. The molecule has 0 amide bonds. The molecule has 1 fully saturated rings. The van der Waals surface area contributed by atoms with Crippen LogP contribution in [0.5, 0.6) is 5.75 Å². The first-order chi connectivity index (χ1) is 7.75. The molecular formula is C14H21NO. The molecule has 0 aromatic heterocycles. The number of benzene rings is 1. The summed E-state index contributed by atoms with van der Waals surface area (Å²) in [7, 11) is 0. The van der Waals surface area contributed by atoms with Crippen LogP contribution in [0.25, 0.3) is 0 Å². The van der Waals surface area contributed by atoms with Crippen molar-refractivity contribution in [2.75, 3.05) is 6.54 Å². The lowest BCUT2D eigenvalue weighted by atomic mass is 9.83.